The second kappa shape index (κ2) is 8.77. The summed E-state index contributed by atoms with van der Waals surface area (Å²) in [7, 11) is -3.36. The summed E-state index contributed by atoms with van der Waals surface area (Å²) in [6.45, 7) is 2.08. The Morgan fingerprint density at radius 2 is 2.00 bits per heavy atom. The molecule has 0 radical (unpaired) electrons. The fraction of sp³-hybridized carbons (Fsp3) is 0.444. The summed E-state index contributed by atoms with van der Waals surface area (Å²) in [4.78, 5) is 10.4. The zero-order chi connectivity index (χ0) is 18.9. The first kappa shape index (κ1) is 21.0. The number of nitrogens with zero attached hydrogens (tertiary/aromatic N) is 2. The van der Waals surface area contributed by atoms with E-state index in [0.717, 1.165) is 54.2 Å². The molecule has 1 aromatic carbocycles. The maximum atomic E-state index is 11.6. The Kier molecular flexibility index (Phi) is 6.59. The predicted molar refractivity (Wildman–Crippen MR) is 114 cm³/mol. The van der Waals surface area contributed by atoms with Gasteiger partial charge in [-0.3, -0.25) is 4.72 Å². The monoisotopic (exact) mass is 442 g/mol. The van der Waals surface area contributed by atoms with Gasteiger partial charge in [-0.05, 0) is 32.0 Å². The first-order valence-electron chi connectivity index (χ1n) is 8.95. The molecule has 2 aromatic rings. The summed E-state index contributed by atoms with van der Waals surface area (Å²) >= 11 is 1.68. The van der Waals surface area contributed by atoms with Gasteiger partial charge in [-0.1, -0.05) is 23.4 Å². The minimum absolute atomic E-state index is 0. The van der Waals surface area contributed by atoms with Crippen LogP contribution in [0, 0.1) is 0 Å². The van der Waals surface area contributed by atoms with Crippen molar-refractivity contribution in [3.05, 3.63) is 45.9 Å². The highest BCUT2D eigenvalue weighted by molar-refractivity contribution is 7.92. The lowest BCUT2D eigenvalue weighted by atomic mass is 9.99. The highest BCUT2D eigenvalue weighted by Crippen LogP contribution is 2.35. The number of hydrogen-bond donors (Lipinski definition) is 2. The average molecular weight is 443 g/mol. The largest absolute Gasteiger partial charge is 0.387 e. The number of piperidine rings is 1. The van der Waals surface area contributed by atoms with E-state index in [1.54, 1.807) is 23.5 Å². The van der Waals surface area contributed by atoms with Crippen LogP contribution in [0.3, 0.4) is 0 Å². The lowest BCUT2D eigenvalue weighted by Crippen LogP contribution is -2.26. The van der Waals surface area contributed by atoms with Gasteiger partial charge in [0.05, 0.1) is 22.6 Å². The van der Waals surface area contributed by atoms with E-state index in [1.807, 2.05) is 17.5 Å². The van der Waals surface area contributed by atoms with Crippen molar-refractivity contribution in [1.29, 1.82) is 0 Å². The number of para-hydroxylation sites is 1. The molecule has 1 atom stereocenters. The molecule has 10 heteroatoms. The van der Waals surface area contributed by atoms with E-state index in [1.165, 1.54) is 0 Å². The Morgan fingerprint density at radius 3 is 2.75 bits per heavy atom. The molecule has 152 valence electrons. The summed E-state index contributed by atoms with van der Waals surface area (Å²) in [5.74, 6) is 0.517. The molecule has 3 heterocycles. The van der Waals surface area contributed by atoms with E-state index in [9.17, 15) is 8.42 Å². The van der Waals surface area contributed by atoms with Gasteiger partial charge in [-0.25, -0.2) is 13.4 Å². The van der Waals surface area contributed by atoms with Crippen LogP contribution in [0.25, 0.3) is 0 Å². The Labute approximate surface area is 175 Å². The van der Waals surface area contributed by atoms with Crippen LogP contribution >= 0.6 is 23.7 Å². The predicted octanol–water partition coefficient (Wildman–Crippen LogP) is 3.27. The summed E-state index contributed by atoms with van der Waals surface area (Å²) in [6, 6.07) is 7.25. The topological polar surface area (TPSA) is 92.7 Å². The summed E-state index contributed by atoms with van der Waals surface area (Å²) in [6.07, 6.45) is 3.61. The van der Waals surface area contributed by atoms with E-state index in [4.69, 9.17) is 9.82 Å². The van der Waals surface area contributed by atoms with Gasteiger partial charge in [0.2, 0.25) is 10.0 Å². The first-order chi connectivity index (χ1) is 13.0. The quantitative estimate of drug-likeness (QED) is 0.741. The molecule has 0 aliphatic carbocycles. The number of benzene rings is 1. The van der Waals surface area contributed by atoms with Gasteiger partial charge in [0, 0.05) is 23.3 Å². The van der Waals surface area contributed by atoms with Crippen LogP contribution in [0.2, 0.25) is 0 Å². The van der Waals surface area contributed by atoms with Crippen LogP contribution in [0.15, 0.2) is 34.8 Å². The minimum Gasteiger partial charge on any atom is -0.387 e. The summed E-state index contributed by atoms with van der Waals surface area (Å²) in [5.41, 5.74) is 2.97. The maximum Gasteiger partial charge on any atom is 0.229 e. The zero-order valence-electron chi connectivity index (χ0n) is 15.4. The second-order valence-corrected chi connectivity index (χ2v) is 9.53. The first-order valence-corrected chi connectivity index (χ1v) is 11.7. The molecule has 1 aromatic heterocycles. The van der Waals surface area contributed by atoms with Crippen molar-refractivity contribution in [3.8, 4) is 0 Å². The van der Waals surface area contributed by atoms with Crippen molar-refractivity contribution in [2.45, 2.75) is 31.3 Å². The van der Waals surface area contributed by atoms with Crippen molar-refractivity contribution >= 4 is 45.2 Å². The van der Waals surface area contributed by atoms with Crippen LogP contribution in [0.4, 0.5) is 5.69 Å². The average Bonchev–Trinajstić information content (AvgIpc) is 3.31. The van der Waals surface area contributed by atoms with Gasteiger partial charge in [0.25, 0.3) is 0 Å². The highest BCUT2D eigenvalue weighted by atomic mass is 35.5. The van der Waals surface area contributed by atoms with Crippen molar-refractivity contribution in [1.82, 2.24) is 10.3 Å². The van der Waals surface area contributed by atoms with Gasteiger partial charge in [-0.15, -0.1) is 23.7 Å². The Bertz CT molecular complexity index is 955. The molecule has 0 amide bonds. The zero-order valence-corrected chi connectivity index (χ0v) is 17.9. The molecule has 2 N–H and O–H groups in total. The number of sulfonamides is 1. The van der Waals surface area contributed by atoms with Gasteiger partial charge in [0.15, 0.2) is 6.10 Å². The molecule has 1 fully saturated rings. The SMILES string of the molecule is CS(=O)(=O)Nc1ccccc1C1CC(c2csc(C3CCNCC3)n2)=NO1.Cl. The molecule has 4 rings (SSSR count). The molecule has 28 heavy (non-hydrogen) atoms. The number of oxime groups is 1. The van der Waals surface area contributed by atoms with Gasteiger partial charge >= 0.3 is 0 Å². The molecular formula is C18H23ClN4O3S2. The normalized spacial score (nSPS) is 20.2. The number of aromatic nitrogens is 1. The maximum absolute atomic E-state index is 11.6. The third-order valence-electron chi connectivity index (χ3n) is 4.78. The highest BCUT2D eigenvalue weighted by Gasteiger charge is 2.28. The molecule has 0 spiro atoms. The Morgan fingerprint density at radius 1 is 1.25 bits per heavy atom. The van der Waals surface area contributed by atoms with Crippen molar-refractivity contribution < 1.29 is 13.3 Å². The van der Waals surface area contributed by atoms with Crippen LogP contribution in [-0.2, 0) is 14.9 Å². The number of nitrogens with one attached hydrogen (secondary N) is 2. The van der Waals surface area contributed by atoms with E-state index in [2.05, 4.69) is 15.2 Å². The Balaban J connectivity index is 0.00000225. The lowest BCUT2D eigenvalue weighted by molar-refractivity contribution is 0.0862. The van der Waals surface area contributed by atoms with Crippen LogP contribution in [-0.4, -0.2) is 38.5 Å². The van der Waals surface area contributed by atoms with E-state index >= 15 is 0 Å². The Hall–Kier alpha value is -1.68. The lowest BCUT2D eigenvalue weighted by Gasteiger charge is -2.20. The van der Waals surface area contributed by atoms with Crippen LogP contribution in [0.1, 0.15) is 47.5 Å². The fourth-order valence-electron chi connectivity index (χ4n) is 3.44. The van der Waals surface area contributed by atoms with Gasteiger partial charge in [-0.2, -0.15) is 0 Å². The number of hydrogen-bond acceptors (Lipinski definition) is 7. The third kappa shape index (κ3) is 4.83. The van der Waals surface area contributed by atoms with Crippen molar-refractivity contribution in [2.24, 2.45) is 5.16 Å². The van der Waals surface area contributed by atoms with Gasteiger partial charge < -0.3 is 10.2 Å². The van der Waals surface area contributed by atoms with E-state index in [0.29, 0.717) is 18.0 Å². The number of halogens is 1. The molecular weight excluding hydrogens is 420 g/mol. The molecule has 0 saturated carbocycles. The van der Waals surface area contributed by atoms with E-state index < -0.39 is 10.0 Å². The van der Waals surface area contributed by atoms with Gasteiger partial charge in [0.1, 0.15) is 5.71 Å². The second-order valence-electron chi connectivity index (χ2n) is 6.89. The third-order valence-corrected chi connectivity index (χ3v) is 6.38. The smallest absolute Gasteiger partial charge is 0.229 e. The molecule has 2 aliphatic rings. The number of rotatable bonds is 5. The number of thiazole rings is 1. The minimum atomic E-state index is -3.36. The van der Waals surface area contributed by atoms with Crippen LogP contribution in [0.5, 0.6) is 0 Å². The van der Waals surface area contributed by atoms with Crippen LogP contribution < -0.4 is 10.0 Å². The van der Waals surface area contributed by atoms with E-state index in [-0.39, 0.29) is 18.5 Å². The summed E-state index contributed by atoms with van der Waals surface area (Å²) in [5, 5.41) is 10.8. The number of anilines is 1. The van der Waals surface area contributed by atoms with Crippen molar-refractivity contribution in [2.75, 3.05) is 24.1 Å². The molecule has 7 nitrogen and oxygen atoms in total. The van der Waals surface area contributed by atoms with Crippen molar-refractivity contribution in [3.63, 3.8) is 0 Å². The molecule has 0 bridgehead atoms. The fourth-order valence-corrected chi connectivity index (χ4v) is 5.03. The molecule has 1 saturated heterocycles. The molecule has 2 aliphatic heterocycles. The molecule has 1 unspecified atom stereocenters. The summed E-state index contributed by atoms with van der Waals surface area (Å²) < 4.78 is 25.8. The standard InChI is InChI=1S/C18H22N4O3S2.ClH/c1-27(23,24)22-14-5-3-2-4-13(14)17-10-15(21-25-17)16-11-26-18(20-16)12-6-8-19-9-7-12;/h2-5,11-12,17,19,22H,6-10H2,1H3;1H.